The molecular formula is C33H38ILi. The molecule has 3 aliphatic carbocycles. The second-order valence-electron chi connectivity index (χ2n) is 9.46. The fourth-order valence-corrected chi connectivity index (χ4v) is 4.75. The first-order valence-corrected chi connectivity index (χ1v) is 11.5. The van der Waals surface area contributed by atoms with Gasteiger partial charge in [-0.3, -0.25) is 0 Å². The normalized spacial score (nSPS) is 18.5. The van der Waals surface area contributed by atoms with Crippen molar-refractivity contribution in [3.8, 4) is 0 Å². The molecule has 0 aromatic heterocycles. The maximum absolute atomic E-state index is 3.99. The van der Waals surface area contributed by atoms with Gasteiger partial charge in [-0.05, 0) is 40.3 Å². The third kappa shape index (κ3) is 7.07. The van der Waals surface area contributed by atoms with E-state index in [4.69, 9.17) is 0 Å². The van der Waals surface area contributed by atoms with Crippen LogP contribution in [-0.2, 0) is 5.41 Å². The molecule has 0 saturated carbocycles. The van der Waals surface area contributed by atoms with Gasteiger partial charge < -0.3 is 8.35 Å². The van der Waals surface area contributed by atoms with Crippen molar-refractivity contribution in [1.29, 1.82) is 0 Å². The molecule has 3 aromatic rings. The summed E-state index contributed by atoms with van der Waals surface area (Å²) in [5.41, 5.74) is 10.1. The van der Waals surface area contributed by atoms with Gasteiger partial charge in [0, 0.05) is 18.8 Å². The number of rotatable bonds is 0. The molecule has 2 heteroatoms. The van der Waals surface area contributed by atoms with Crippen molar-refractivity contribution >= 4 is 41.7 Å². The second-order valence-corrected chi connectivity index (χ2v) is 9.46. The summed E-state index contributed by atoms with van der Waals surface area (Å²) < 4.78 is 0. The Balaban J connectivity index is 0.000000484. The molecular weight excluding hydrogens is 530 g/mol. The minimum absolute atomic E-state index is 0. The van der Waals surface area contributed by atoms with Crippen LogP contribution in [0.2, 0.25) is 0 Å². The van der Waals surface area contributed by atoms with E-state index in [9.17, 15) is 0 Å². The smallest absolute Gasteiger partial charge is 1.00 e. The van der Waals surface area contributed by atoms with Gasteiger partial charge in [-0.1, -0.05) is 123 Å². The van der Waals surface area contributed by atoms with Crippen LogP contribution in [0.1, 0.15) is 74.3 Å². The Morgan fingerprint density at radius 3 is 2.00 bits per heavy atom. The maximum Gasteiger partial charge on any atom is 1.00 e. The van der Waals surface area contributed by atoms with Crippen LogP contribution in [0.3, 0.4) is 0 Å². The largest absolute Gasteiger partial charge is 1.00 e. The summed E-state index contributed by atoms with van der Waals surface area (Å²) in [4.78, 5) is 0. The predicted octanol–water partition coefficient (Wildman–Crippen LogP) is 7.01. The molecule has 0 amide bonds. The summed E-state index contributed by atoms with van der Waals surface area (Å²) in [6, 6.07) is 25.6. The first-order valence-electron chi connectivity index (χ1n) is 11.5. The molecule has 0 aliphatic heterocycles. The van der Waals surface area contributed by atoms with Crippen LogP contribution in [0, 0.1) is 14.4 Å². The average molecular weight is 569 g/mol. The van der Waals surface area contributed by atoms with E-state index in [2.05, 4.69) is 138 Å². The van der Waals surface area contributed by atoms with Crippen molar-refractivity contribution in [2.45, 2.75) is 44.9 Å². The summed E-state index contributed by atoms with van der Waals surface area (Å²) in [6.45, 7) is 12.9. The van der Waals surface area contributed by atoms with Gasteiger partial charge in [0.25, 0.3) is 0 Å². The Morgan fingerprint density at radius 1 is 0.800 bits per heavy atom. The molecule has 0 N–H and O–H groups in total. The first kappa shape index (κ1) is 31.1. The van der Waals surface area contributed by atoms with E-state index in [1.165, 1.54) is 39.0 Å². The first-order chi connectivity index (χ1) is 15.4. The Labute approximate surface area is 244 Å². The molecule has 2 unspecified atom stereocenters. The zero-order valence-corrected chi connectivity index (χ0v) is 24.4. The number of hydrogen-bond acceptors (Lipinski definition) is 0. The topological polar surface area (TPSA) is 0 Å². The number of benzene rings is 3. The minimum Gasteiger partial charge on any atom is -1.00 e. The van der Waals surface area contributed by atoms with Gasteiger partial charge in [0.15, 0.2) is 0 Å². The Kier molecular flexibility index (Phi) is 11.9. The molecule has 0 saturated heterocycles. The van der Waals surface area contributed by atoms with E-state index >= 15 is 0 Å². The molecule has 3 aliphatic rings. The fourth-order valence-electron chi connectivity index (χ4n) is 4.75. The maximum atomic E-state index is 3.99. The van der Waals surface area contributed by atoms with Gasteiger partial charge in [-0.25, -0.2) is 0 Å². The van der Waals surface area contributed by atoms with E-state index in [0.29, 0.717) is 11.8 Å². The van der Waals surface area contributed by atoms with Gasteiger partial charge in [-0.2, -0.15) is 0 Å². The quantitative estimate of drug-likeness (QED) is 0.156. The molecule has 178 valence electrons. The SMILES string of the molecule is CC1(C)C=Cc2ccccc21.CC1=CC(C)c2ccccc21.I.[CH2-]C1C=Cc2ccccc21.[CH3+].[H-].[Li+]. The molecule has 0 bridgehead atoms. The molecule has 0 radical (unpaired) electrons. The van der Waals surface area contributed by atoms with Gasteiger partial charge >= 0.3 is 18.9 Å². The number of hydrogen-bond donors (Lipinski definition) is 0. The van der Waals surface area contributed by atoms with Crippen molar-refractivity contribution in [2.75, 3.05) is 0 Å². The summed E-state index contributed by atoms with van der Waals surface area (Å²) in [5, 5.41) is 0. The van der Waals surface area contributed by atoms with Crippen LogP contribution in [-0.4, -0.2) is 0 Å². The van der Waals surface area contributed by atoms with Crippen LogP contribution in [0.25, 0.3) is 17.7 Å². The number of allylic oxidation sites excluding steroid dienone is 4. The monoisotopic (exact) mass is 568 g/mol. The molecule has 6 rings (SSSR count). The van der Waals surface area contributed by atoms with Crippen LogP contribution in [0.4, 0.5) is 0 Å². The molecule has 0 nitrogen and oxygen atoms in total. The van der Waals surface area contributed by atoms with Crippen LogP contribution in [0.5, 0.6) is 0 Å². The van der Waals surface area contributed by atoms with E-state index in [1.54, 1.807) is 0 Å². The van der Waals surface area contributed by atoms with E-state index in [-0.39, 0.29) is 57.1 Å². The number of fused-ring (bicyclic) bond motifs is 3. The average Bonchev–Trinajstić information content (AvgIpc) is 3.44. The van der Waals surface area contributed by atoms with Crippen LogP contribution < -0.4 is 18.9 Å². The van der Waals surface area contributed by atoms with Gasteiger partial charge in [0.05, 0.1) is 0 Å². The fraction of sp³-hybridized carbons (Fsp3) is 0.212. The van der Waals surface area contributed by atoms with Crippen LogP contribution in [0.15, 0.2) is 91.0 Å². The molecule has 0 fully saturated rings. The zero-order chi connectivity index (χ0) is 22.7. The van der Waals surface area contributed by atoms with Gasteiger partial charge in [0.2, 0.25) is 0 Å². The van der Waals surface area contributed by atoms with E-state index < -0.39 is 0 Å². The van der Waals surface area contributed by atoms with Crippen molar-refractivity contribution in [2.24, 2.45) is 0 Å². The van der Waals surface area contributed by atoms with Crippen molar-refractivity contribution < 1.29 is 20.3 Å². The standard InChI is InChI=1S/2C11H12.C10H9.CH3.HI.Li.H/c1-11(2)8-7-9-5-3-4-6-10(9)11;1-8-7-9(2)11-6-4-3-5-10(8)11;1-8-6-7-9-4-2-3-5-10(8)9;;;;/h2*3-8H,1-2H3;2-8H,1H2;1H3;1H;;/q;;-1;+1;;+1;-1. The van der Waals surface area contributed by atoms with Crippen molar-refractivity contribution in [3.63, 3.8) is 0 Å². The molecule has 2 atom stereocenters. The van der Waals surface area contributed by atoms with Gasteiger partial charge in [0.1, 0.15) is 0 Å². The Morgan fingerprint density at radius 2 is 1.37 bits per heavy atom. The van der Waals surface area contributed by atoms with Crippen molar-refractivity contribution in [1.82, 2.24) is 0 Å². The van der Waals surface area contributed by atoms with Crippen molar-refractivity contribution in [3.05, 3.63) is 139 Å². The summed E-state index contributed by atoms with van der Waals surface area (Å²) in [7, 11) is 0. The predicted molar refractivity (Wildman–Crippen MR) is 164 cm³/mol. The van der Waals surface area contributed by atoms with E-state index in [0.717, 1.165) is 0 Å². The van der Waals surface area contributed by atoms with Gasteiger partial charge in [-0.15, -0.1) is 36.0 Å². The minimum atomic E-state index is 0. The third-order valence-electron chi connectivity index (χ3n) is 6.61. The Hall–Kier alpha value is -1.92. The van der Waals surface area contributed by atoms with Crippen LogP contribution >= 0.6 is 24.0 Å². The molecule has 0 spiro atoms. The third-order valence-corrected chi connectivity index (χ3v) is 6.61. The summed E-state index contributed by atoms with van der Waals surface area (Å²) in [6.07, 6.45) is 11.1. The number of halogens is 1. The Bertz CT molecular complexity index is 1210. The zero-order valence-electron chi connectivity index (χ0n) is 23.1. The molecule has 3 aromatic carbocycles. The summed E-state index contributed by atoms with van der Waals surface area (Å²) in [5.74, 6) is 0.988. The molecule has 35 heavy (non-hydrogen) atoms. The second kappa shape index (κ2) is 13.4. The molecule has 0 heterocycles. The van der Waals surface area contributed by atoms with E-state index in [1.807, 2.05) is 0 Å². The summed E-state index contributed by atoms with van der Waals surface area (Å²) >= 11 is 0.